The van der Waals surface area contributed by atoms with E-state index in [1.807, 2.05) is 0 Å². The summed E-state index contributed by atoms with van der Waals surface area (Å²) < 4.78 is 4.78. The number of ether oxygens (including phenoxy) is 1. The van der Waals surface area contributed by atoms with Crippen LogP contribution < -0.4 is 0 Å². The Balaban J connectivity index is 4.31. The Bertz CT molecular complexity index is 122. The van der Waals surface area contributed by atoms with Gasteiger partial charge >= 0.3 is 0 Å². The predicted octanol–water partition coefficient (Wildman–Crippen LogP) is -1.52. The average molecular weight is 194 g/mol. The molecule has 0 heterocycles. The molecule has 0 aliphatic carbocycles. The van der Waals surface area contributed by atoms with Crippen LogP contribution in [0.5, 0.6) is 0 Å². The molecule has 0 amide bonds. The highest BCUT2D eigenvalue weighted by molar-refractivity contribution is 4.82. The summed E-state index contributed by atoms with van der Waals surface area (Å²) >= 11 is 0. The van der Waals surface area contributed by atoms with Crippen molar-refractivity contribution in [3.63, 3.8) is 0 Å². The smallest absolute Gasteiger partial charge is 0.114 e. The molecule has 0 aliphatic heterocycles. The second kappa shape index (κ2) is 5.51. The lowest BCUT2D eigenvalue weighted by atomic mass is 10.0. The molecule has 0 rings (SSSR count). The Labute approximate surface area is 77.6 Å². The zero-order valence-corrected chi connectivity index (χ0v) is 8.08. The zero-order chi connectivity index (χ0) is 10.6. The lowest BCUT2D eigenvalue weighted by Crippen LogP contribution is -2.48. The van der Waals surface area contributed by atoms with Crippen molar-refractivity contribution in [2.45, 2.75) is 44.4 Å². The van der Waals surface area contributed by atoms with E-state index in [1.54, 1.807) is 0 Å². The summed E-state index contributed by atoms with van der Waals surface area (Å²) in [5.74, 6) is 0. The zero-order valence-electron chi connectivity index (χ0n) is 8.08. The van der Waals surface area contributed by atoms with Crippen LogP contribution in [0.25, 0.3) is 0 Å². The highest BCUT2D eigenvalue weighted by atomic mass is 16.5. The van der Waals surface area contributed by atoms with E-state index in [2.05, 4.69) is 0 Å². The molecule has 5 nitrogen and oxygen atoms in total. The largest absolute Gasteiger partial charge is 0.391 e. The summed E-state index contributed by atoms with van der Waals surface area (Å²) in [6.45, 7) is 2.76. The van der Waals surface area contributed by atoms with E-state index in [0.717, 1.165) is 0 Å². The summed E-state index contributed by atoms with van der Waals surface area (Å²) in [7, 11) is 1.29. The van der Waals surface area contributed by atoms with Crippen molar-refractivity contribution in [3.8, 4) is 0 Å². The van der Waals surface area contributed by atoms with E-state index in [9.17, 15) is 10.2 Å². The molecular formula is C8H18O5. The maximum Gasteiger partial charge on any atom is 0.114 e. The number of rotatable bonds is 5. The maximum absolute atomic E-state index is 9.36. The molecule has 0 spiro atoms. The summed E-state index contributed by atoms with van der Waals surface area (Å²) in [6.07, 6.45) is -5.44. The first kappa shape index (κ1) is 12.8. The van der Waals surface area contributed by atoms with Crippen molar-refractivity contribution >= 4 is 0 Å². The van der Waals surface area contributed by atoms with E-state index in [4.69, 9.17) is 14.9 Å². The fourth-order valence-electron chi connectivity index (χ4n) is 1.03. The van der Waals surface area contributed by atoms with Gasteiger partial charge in [0.05, 0.1) is 12.2 Å². The fraction of sp³-hybridized carbons (Fsp3) is 1.00. The number of aliphatic hydroxyl groups is 4. The van der Waals surface area contributed by atoms with Gasteiger partial charge in [-0.25, -0.2) is 0 Å². The monoisotopic (exact) mass is 194 g/mol. The van der Waals surface area contributed by atoms with E-state index >= 15 is 0 Å². The molecule has 80 valence electrons. The van der Waals surface area contributed by atoms with E-state index in [-0.39, 0.29) is 0 Å². The standard InChI is InChI=1S/C8H18O5/c1-4(9)6(11)8(13-3)7(12)5(2)10/h4-12H,1-3H3/t4-,5?,6-,7-,8?/m0/s1. The quantitative estimate of drug-likeness (QED) is 0.427. The van der Waals surface area contributed by atoms with Crippen LogP contribution >= 0.6 is 0 Å². The van der Waals surface area contributed by atoms with Crippen molar-refractivity contribution in [1.29, 1.82) is 0 Å². The molecule has 0 saturated heterocycles. The first-order valence-corrected chi connectivity index (χ1v) is 4.16. The van der Waals surface area contributed by atoms with Crippen LogP contribution in [0.4, 0.5) is 0 Å². The van der Waals surface area contributed by atoms with Gasteiger partial charge in [-0.15, -0.1) is 0 Å². The van der Waals surface area contributed by atoms with Crippen molar-refractivity contribution in [2.24, 2.45) is 0 Å². The molecule has 5 atom stereocenters. The lowest BCUT2D eigenvalue weighted by molar-refractivity contribution is -0.141. The molecule has 0 bridgehead atoms. The lowest BCUT2D eigenvalue weighted by Gasteiger charge is -2.29. The highest BCUT2D eigenvalue weighted by Crippen LogP contribution is 2.11. The van der Waals surface area contributed by atoms with Crippen LogP contribution in [-0.2, 0) is 4.74 Å². The third-order valence-electron chi connectivity index (χ3n) is 1.93. The van der Waals surface area contributed by atoms with Gasteiger partial charge < -0.3 is 25.2 Å². The van der Waals surface area contributed by atoms with Gasteiger partial charge in [-0.2, -0.15) is 0 Å². The molecule has 0 aromatic carbocycles. The van der Waals surface area contributed by atoms with Crippen LogP contribution in [0, 0.1) is 0 Å². The van der Waals surface area contributed by atoms with Gasteiger partial charge in [0.1, 0.15) is 18.3 Å². The number of hydrogen-bond acceptors (Lipinski definition) is 5. The Morgan fingerprint density at radius 2 is 1.15 bits per heavy atom. The molecule has 0 radical (unpaired) electrons. The first-order valence-electron chi connectivity index (χ1n) is 4.16. The topological polar surface area (TPSA) is 90.2 Å². The molecule has 0 saturated carbocycles. The second-order valence-electron chi connectivity index (χ2n) is 3.16. The van der Waals surface area contributed by atoms with Crippen molar-refractivity contribution in [1.82, 2.24) is 0 Å². The summed E-state index contributed by atoms with van der Waals surface area (Å²) in [4.78, 5) is 0. The Hall–Kier alpha value is -0.200. The third kappa shape index (κ3) is 3.58. The van der Waals surface area contributed by atoms with Crippen LogP contribution in [0.15, 0.2) is 0 Å². The van der Waals surface area contributed by atoms with E-state index < -0.39 is 30.5 Å². The van der Waals surface area contributed by atoms with E-state index in [0.29, 0.717) is 0 Å². The molecular weight excluding hydrogens is 176 g/mol. The molecule has 0 aromatic rings. The molecule has 2 unspecified atom stereocenters. The molecule has 0 aliphatic rings. The first-order chi connectivity index (χ1) is 5.91. The number of hydrogen-bond donors (Lipinski definition) is 4. The van der Waals surface area contributed by atoms with Gasteiger partial charge in [0.25, 0.3) is 0 Å². The van der Waals surface area contributed by atoms with Crippen molar-refractivity contribution in [2.75, 3.05) is 7.11 Å². The van der Waals surface area contributed by atoms with Gasteiger partial charge in [0.2, 0.25) is 0 Å². The molecule has 5 heteroatoms. The summed E-state index contributed by atoms with van der Waals surface area (Å²) in [6, 6.07) is 0. The molecule has 4 N–H and O–H groups in total. The van der Waals surface area contributed by atoms with Gasteiger partial charge in [-0.05, 0) is 13.8 Å². The Morgan fingerprint density at radius 3 is 1.31 bits per heavy atom. The molecule has 13 heavy (non-hydrogen) atoms. The SMILES string of the molecule is COC([C@@H](O)C(C)O)[C@@H](O)[C@H](C)O. The fourth-order valence-corrected chi connectivity index (χ4v) is 1.03. The van der Waals surface area contributed by atoms with Gasteiger partial charge in [0.15, 0.2) is 0 Å². The van der Waals surface area contributed by atoms with Gasteiger partial charge in [-0.1, -0.05) is 0 Å². The normalized spacial score (nSPS) is 23.3. The summed E-state index contributed by atoms with van der Waals surface area (Å²) in [5, 5.41) is 36.8. The Morgan fingerprint density at radius 1 is 0.846 bits per heavy atom. The number of aliphatic hydroxyl groups excluding tert-OH is 4. The molecule has 0 aromatic heterocycles. The minimum absolute atomic E-state index is 0.986. The minimum atomic E-state index is -1.21. The van der Waals surface area contributed by atoms with Crippen LogP contribution in [0.3, 0.4) is 0 Å². The maximum atomic E-state index is 9.36. The second-order valence-corrected chi connectivity index (χ2v) is 3.16. The Kier molecular flexibility index (Phi) is 5.43. The van der Waals surface area contributed by atoms with Gasteiger partial charge in [-0.3, -0.25) is 0 Å². The van der Waals surface area contributed by atoms with Gasteiger partial charge in [0, 0.05) is 7.11 Å². The minimum Gasteiger partial charge on any atom is -0.391 e. The van der Waals surface area contributed by atoms with Crippen LogP contribution in [-0.4, -0.2) is 58.1 Å². The predicted molar refractivity (Wildman–Crippen MR) is 46.2 cm³/mol. The molecule has 0 fully saturated rings. The van der Waals surface area contributed by atoms with Crippen molar-refractivity contribution < 1.29 is 25.2 Å². The average Bonchev–Trinajstić information content (AvgIpc) is 2.04. The third-order valence-corrected chi connectivity index (χ3v) is 1.93. The van der Waals surface area contributed by atoms with Crippen LogP contribution in [0.2, 0.25) is 0 Å². The van der Waals surface area contributed by atoms with E-state index in [1.165, 1.54) is 21.0 Å². The highest BCUT2D eigenvalue weighted by Gasteiger charge is 2.32. The van der Waals surface area contributed by atoms with Crippen LogP contribution in [0.1, 0.15) is 13.8 Å². The van der Waals surface area contributed by atoms with Crippen molar-refractivity contribution in [3.05, 3.63) is 0 Å². The summed E-state index contributed by atoms with van der Waals surface area (Å²) in [5.41, 5.74) is 0. The number of methoxy groups -OCH3 is 1.